The monoisotopic (exact) mass is 324 g/mol. The number of ether oxygens (including phenoxy) is 1. The van der Waals surface area contributed by atoms with E-state index < -0.39 is 5.60 Å². The molecule has 2 aliphatic rings. The largest absolute Gasteiger partial charge is 0.368 e. The number of carbonyl (C=O) groups is 1. The minimum Gasteiger partial charge on any atom is -0.368 e. The zero-order chi connectivity index (χ0) is 14.7. The van der Waals surface area contributed by atoms with Gasteiger partial charge in [0.15, 0.2) is 0 Å². The first-order valence-electron chi connectivity index (χ1n) is 7.93. The number of hydrogen-bond donors (Lipinski definition) is 2. The van der Waals surface area contributed by atoms with Gasteiger partial charge in [-0.25, -0.2) is 0 Å². The van der Waals surface area contributed by atoms with Crippen LogP contribution in [0.4, 0.5) is 5.69 Å². The van der Waals surface area contributed by atoms with Crippen molar-refractivity contribution in [1.29, 1.82) is 0 Å². The first kappa shape index (κ1) is 17.3. The maximum absolute atomic E-state index is 12.7. The van der Waals surface area contributed by atoms with E-state index in [2.05, 4.69) is 16.7 Å². The van der Waals surface area contributed by atoms with Crippen LogP contribution in [0.25, 0.3) is 0 Å². The number of halogens is 1. The Morgan fingerprint density at radius 1 is 1.23 bits per heavy atom. The Morgan fingerprint density at radius 2 is 1.95 bits per heavy atom. The lowest BCUT2D eigenvalue weighted by Gasteiger charge is -2.35. The summed E-state index contributed by atoms with van der Waals surface area (Å²) in [6.07, 6.45) is 6.09. The third-order valence-corrected chi connectivity index (χ3v) is 4.86. The molecule has 122 valence electrons. The molecule has 5 heteroatoms. The number of benzene rings is 1. The Kier molecular flexibility index (Phi) is 5.84. The highest BCUT2D eigenvalue weighted by molar-refractivity contribution is 5.98. The SMILES string of the molecule is COC1(C(=O)Nc2cccc3c2CCCC3)CCNCC1.Cl. The topological polar surface area (TPSA) is 50.4 Å². The molecule has 0 saturated carbocycles. The van der Waals surface area contributed by atoms with Crippen LogP contribution in [0.5, 0.6) is 0 Å². The van der Waals surface area contributed by atoms with Gasteiger partial charge < -0.3 is 15.4 Å². The lowest BCUT2D eigenvalue weighted by molar-refractivity contribution is -0.140. The minimum atomic E-state index is -0.678. The van der Waals surface area contributed by atoms with Crippen molar-refractivity contribution in [3.63, 3.8) is 0 Å². The number of aryl methyl sites for hydroxylation is 1. The normalized spacial score (nSPS) is 19.7. The average molecular weight is 325 g/mol. The average Bonchev–Trinajstić information content (AvgIpc) is 2.56. The first-order valence-corrected chi connectivity index (χ1v) is 7.93. The quantitative estimate of drug-likeness (QED) is 0.898. The van der Waals surface area contributed by atoms with E-state index in [9.17, 15) is 4.79 Å². The Morgan fingerprint density at radius 3 is 2.68 bits per heavy atom. The molecule has 2 N–H and O–H groups in total. The van der Waals surface area contributed by atoms with Crippen molar-refractivity contribution >= 4 is 24.0 Å². The zero-order valence-corrected chi connectivity index (χ0v) is 13.9. The predicted molar refractivity (Wildman–Crippen MR) is 90.8 cm³/mol. The Hall–Kier alpha value is -1.10. The Balaban J connectivity index is 0.00000176. The Bertz CT molecular complexity index is 527. The number of piperidine rings is 1. The molecule has 0 spiro atoms. The fraction of sp³-hybridized carbons (Fsp3) is 0.588. The minimum absolute atomic E-state index is 0. The summed E-state index contributed by atoms with van der Waals surface area (Å²) in [5.41, 5.74) is 3.00. The number of fused-ring (bicyclic) bond motifs is 1. The summed E-state index contributed by atoms with van der Waals surface area (Å²) in [4.78, 5) is 12.7. The summed E-state index contributed by atoms with van der Waals surface area (Å²) in [5, 5.41) is 6.42. The highest BCUT2D eigenvalue weighted by atomic mass is 35.5. The summed E-state index contributed by atoms with van der Waals surface area (Å²) in [5.74, 6) is 0.00507. The zero-order valence-electron chi connectivity index (χ0n) is 13.1. The maximum atomic E-state index is 12.7. The second-order valence-corrected chi connectivity index (χ2v) is 6.05. The van der Waals surface area contributed by atoms with Crippen molar-refractivity contribution in [3.05, 3.63) is 29.3 Å². The van der Waals surface area contributed by atoms with Crippen LogP contribution in [0.2, 0.25) is 0 Å². The standard InChI is InChI=1S/C17H24N2O2.ClH/c1-21-17(9-11-18-12-10-17)16(20)19-15-8-4-6-13-5-2-3-7-14(13)15;/h4,6,8,18H,2-3,5,7,9-12H2,1H3,(H,19,20);1H. The van der Waals surface area contributed by atoms with Gasteiger partial charge in [0.2, 0.25) is 0 Å². The van der Waals surface area contributed by atoms with Crippen LogP contribution in [-0.4, -0.2) is 31.7 Å². The highest BCUT2D eigenvalue weighted by Crippen LogP contribution is 2.30. The molecule has 22 heavy (non-hydrogen) atoms. The molecule has 1 amide bonds. The van der Waals surface area contributed by atoms with Gasteiger partial charge in [-0.1, -0.05) is 12.1 Å². The molecule has 0 atom stereocenters. The van der Waals surface area contributed by atoms with Gasteiger partial charge in [-0.05, 0) is 68.8 Å². The van der Waals surface area contributed by atoms with Crippen LogP contribution in [0.3, 0.4) is 0 Å². The molecule has 0 unspecified atom stereocenters. The fourth-order valence-electron chi connectivity index (χ4n) is 3.49. The maximum Gasteiger partial charge on any atom is 0.256 e. The van der Waals surface area contributed by atoms with Gasteiger partial charge in [-0.3, -0.25) is 4.79 Å². The predicted octanol–water partition coefficient (Wildman–Crippen LogP) is 2.69. The van der Waals surface area contributed by atoms with E-state index in [1.165, 1.54) is 24.0 Å². The van der Waals surface area contributed by atoms with Gasteiger partial charge >= 0.3 is 0 Å². The Labute approximate surface area is 138 Å². The molecule has 3 rings (SSSR count). The molecule has 1 aromatic carbocycles. The van der Waals surface area contributed by atoms with Crippen LogP contribution in [-0.2, 0) is 22.4 Å². The van der Waals surface area contributed by atoms with Gasteiger partial charge in [0, 0.05) is 12.8 Å². The lowest BCUT2D eigenvalue weighted by Crippen LogP contribution is -2.51. The summed E-state index contributed by atoms with van der Waals surface area (Å²) < 4.78 is 5.60. The van der Waals surface area contributed by atoms with Crippen molar-refractivity contribution in [2.75, 3.05) is 25.5 Å². The van der Waals surface area contributed by atoms with Crippen LogP contribution in [0.1, 0.15) is 36.8 Å². The molecule has 0 radical (unpaired) electrons. The molecule has 1 fully saturated rings. The molecule has 1 saturated heterocycles. The van der Waals surface area contributed by atoms with Gasteiger partial charge in [0.05, 0.1) is 0 Å². The number of amides is 1. The number of carbonyl (C=O) groups excluding carboxylic acids is 1. The third kappa shape index (κ3) is 3.29. The molecule has 0 aromatic heterocycles. The van der Waals surface area contributed by atoms with Crippen molar-refractivity contribution in [2.24, 2.45) is 0 Å². The van der Waals surface area contributed by atoms with E-state index in [1.54, 1.807) is 7.11 Å². The number of methoxy groups -OCH3 is 1. The van der Waals surface area contributed by atoms with Gasteiger partial charge in [0.25, 0.3) is 5.91 Å². The van der Waals surface area contributed by atoms with Crippen LogP contribution >= 0.6 is 12.4 Å². The molecular weight excluding hydrogens is 300 g/mol. The van der Waals surface area contributed by atoms with E-state index in [0.717, 1.165) is 44.5 Å². The molecule has 0 bridgehead atoms. The van der Waals surface area contributed by atoms with Crippen molar-refractivity contribution in [2.45, 2.75) is 44.1 Å². The van der Waals surface area contributed by atoms with Gasteiger partial charge in [-0.15, -0.1) is 12.4 Å². The molecule has 1 aromatic rings. The summed E-state index contributed by atoms with van der Waals surface area (Å²) in [7, 11) is 1.64. The van der Waals surface area contributed by atoms with E-state index in [-0.39, 0.29) is 18.3 Å². The fourth-order valence-corrected chi connectivity index (χ4v) is 3.49. The second-order valence-electron chi connectivity index (χ2n) is 6.05. The smallest absolute Gasteiger partial charge is 0.256 e. The second kappa shape index (κ2) is 7.44. The molecular formula is C17H25ClN2O2. The number of rotatable bonds is 3. The molecule has 1 heterocycles. The summed E-state index contributed by atoms with van der Waals surface area (Å²) in [6, 6.07) is 6.24. The molecule has 4 nitrogen and oxygen atoms in total. The summed E-state index contributed by atoms with van der Waals surface area (Å²) >= 11 is 0. The van der Waals surface area contributed by atoms with Crippen molar-refractivity contribution in [3.8, 4) is 0 Å². The summed E-state index contributed by atoms with van der Waals surface area (Å²) in [6.45, 7) is 1.66. The van der Waals surface area contributed by atoms with Gasteiger partial charge in [-0.2, -0.15) is 0 Å². The molecule has 1 aliphatic carbocycles. The highest BCUT2D eigenvalue weighted by Gasteiger charge is 2.39. The van der Waals surface area contributed by atoms with Crippen LogP contribution < -0.4 is 10.6 Å². The van der Waals surface area contributed by atoms with Crippen molar-refractivity contribution in [1.82, 2.24) is 5.32 Å². The number of anilines is 1. The van der Waals surface area contributed by atoms with Crippen molar-refractivity contribution < 1.29 is 9.53 Å². The molecule has 1 aliphatic heterocycles. The third-order valence-electron chi connectivity index (χ3n) is 4.86. The lowest BCUT2D eigenvalue weighted by atomic mass is 9.88. The van der Waals surface area contributed by atoms with E-state index >= 15 is 0 Å². The van der Waals surface area contributed by atoms with E-state index in [4.69, 9.17) is 4.74 Å². The number of hydrogen-bond acceptors (Lipinski definition) is 3. The van der Waals surface area contributed by atoms with Gasteiger partial charge in [0.1, 0.15) is 5.60 Å². The number of nitrogens with one attached hydrogen (secondary N) is 2. The van der Waals surface area contributed by atoms with Crippen LogP contribution in [0, 0.1) is 0 Å². The first-order chi connectivity index (χ1) is 10.2. The van der Waals surface area contributed by atoms with E-state index in [0.29, 0.717) is 0 Å². The van der Waals surface area contributed by atoms with E-state index in [1.807, 2.05) is 12.1 Å². The van der Waals surface area contributed by atoms with Crippen LogP contribution in [0.15, 0.2) is 18.2 Å².